The summed E-state index contributed by atoms with van der Waals surface area (Å²) in [5.41, 5.74) is 6.78. The quantitative estimate of drug-likeness (QED) is 0.326. The van der Waals surface area contributed by atoms with Gasteiger partial charge in [-0.1, -0.05) is 63.3 Å². The van der Waals surface area contributed by atoms with Crippen molar-refractivity contribution in [2.24, 2.45) is 5.73 Å². The summed E-state index contributed by atoms with van der Waals surface area (Å²) in [5.74, 6) is 0. The van der Waals surface area contributed by atoms with Gasteiger partial charge in [0, 0.05) is 0 Å². The molecule has 0 saturated carbocycles. The Morgan fingerprint density at radius 2 is 1.58 bits per heavy atom. The lowest BCUT2D eigenvalue weighted by atomic mass is 9.94. The van der Waals surface area contributed by atoms with Crippen LogP contribution in [0.4, 0.5) is 4.39 Å². The van der Waals surface area contributed by atoms with Crippen LogP contribution in [0.25, 0.3) is 0 Å². The summed E-state index contributed by atoms with van der Waals surface area (Å²) in [6, 6.07) is 8.19. The van der Waals surface area contributed by atoms with Crippen molar-refractivity contribution < 1.29 is 23.3 Å². The van der Waals surface area contributed by atoms with Crippen LogP contribution < -0.4 is 5.73 Å². The second kappa shape index (κ2) is 11.8. The van der Waals surface area contributed by atoms with E-state index in [0.717, 1.165) is 12.0 Å². The van der Waals surface area contributed by atoms with E-state index in [9.17, 15) is 8.96 Å². The van der Waals surface area contributed by atoms with Crippen LogP contribution in [-0.4, -0.2) is 28.6 Å². The Hall–Kier alpha value is -0.780. The monoisotopic (exact) mass is 389 g/mol. The molecule has 0 saturated heterocycles. The molecule has 1 aromatic carbocycles. The molecule has 26 heavy (non-hydrogen) atoms. The van der Waals surface area contributed by atoms with Crippen molar-refractivity contribution in [2.45, 2.75) is 70.3 Å². The van der Waals surface area contributed by atoms with Crippen molar-refractivity contribution in [3.8, 4) is 0 Å². The molecule has 0 fully saturated rings. The molecule has 1 rings (SSSR count). The molecule has 150 valence electrons. The molecule has 1 aromatic rings. The standard InChI is InChI=1S/C19H33FNO4P/c1-2-3-4-5-6-7-8-17-9-11-18(12-10-17)13-14-19(21,15-20)16-25-26(22,23)24/h9-12H,2-8,13-16,21H2,1H3,(H2,22,23,24). The predicted molar refractivity (Wildman–Crippen MR) is 103 cm³/mol. The summed E-state index contributed by atoms with van der Waals surface area (Å²) < 4.78 is 28.3. The first-order valence-electron chi connectivity index (χ1n) is 9.41. The van der Waals surface area contributed by atoms with Crippen molar-refractivity contribution in [1.29, 1.82) is 0 Å². The predicted octanol–water partition coefficient (Wildman–Crippen LogP) is 4.30. The maximum absolute atomic E-state index is 13.2. The van der Waals surface area contributed by atoms with Crippen LogP contribution in [0.15, 0.2) is 24.3 Å². The first kappa shape index (κ1) is 23.3. The summed E-state index contributed by atoms with van der Waals surface area (Å²) in [6.07, 6.45) is 9.48. The highest BCUT2D eigenvalue weighted by Crippen LogP contribution is 2.37. The SMILES string of the molecule is CCCCCCCCc1ccc(CCC(N)(CF)COP(=O)(O)O)cc1. The van der Waals surface area contributed by atoms with Gasteiger partial charge in [0.25, 0.3) is 0 Å². The van der Waals surface area contributed by atoms with Gasteiger partial charge in [0.05, 0.1) is 12.1 Å². The highest BCUT2D eigenvalue weighted by Gasteiger charge is 2.29. The lowest BCUT2D eigenvalue weighted by Crippen LogP contribution is -2.47. The van der Waals surface area contributed by atoms with Gasteiger partial charge in [0.1, 0.15) is 6.67 Å². The third-order valence-electron chi connectivity index (χ3n) is 4.54. The Labute approximate surface area is 156 Å². The number of aryl methyl sites for hydroxylation is 2. The van der Waals surface area contributed by atoms with Crippen molar-refractivity contribution in [3.05, 3.63) is 35.4 Å². The van der Waals surface area contributed by atoms with Crippen LogP contribution in [0.5, 0.6) is 0 Å². The summed E-state index contributed by atoms with van der Waals surface area (Å²) in [5, 5.41) is 0. The number of phosphoric ester groups is 1. The Kier molecular flexibility index (Phi) is 10.6. The molecule has 1 unspecified atom stereocenters. The van der Waals surface area contributed by atoms with Crippen LogP contribution >= 0.6 is 7.82 Å². The molecule has 4 N–H and O–H groups in total. The fourth-order valence-corrected chi connectivity index (χ4v) is 3.19. The Balaban J connectivity index is 2.37. The van der Waals surface area contributed by atoms with E-state index >= 15 is 0 Å². The van der Waals surface area contributed by atoms with Crippen molar-refractivity contribution in [1.82, 2.24) is 0 Å². The molecule has 0 heterocycles. The minimum absolute atomic E-state index is 0.250. The van der Waals surface area contributed by atoms with Gasteiger partial charge in [-0.25, -0.2) is 8.96 Å². The first-order valence-corrected chi connectivity index (χ1v) is 10.9. The van der Waals surface area contributed by atoms with E-state index in [1.165, 1.54) is 44.1 Å². The van der Waals surface area contributed by atoms with Gasteiger partial charge in [-0.2, -0.15) is 0 Å². The molecule has 0 aromatic heterocycles. The lowest BCUT2D eigenvalue weighted by Gasteiger charge is -2.26. The second-order valence-electron chi connectivity index (χ2n) is 7.09. The Morgan fingerprint density at radius 3 is 2.12 bits per heavy atom. The normalized spacial score (nSPS) is 14.3. The highest BCUT2D eigenvalue weighted by atomic mass is 31.2. The molecule has 0 bridgehead atoms. The summed E-state index contributed by atoms with van der Waals surface area (Å²) in [6.45, 7) is 0.807. The summed E-state index contributed by atoms with van der Waals surface area (Å²) >= 11 is 0. The highest BCUT2D eigenvalue weighted by molar-refractivity contribution is 7.46. The maximum atomic E-state index is 13.2. The van der Waals surface area contributed by atoms with Crippen LogP contribution in [-0.2, 0) is 21.9 Å². The molecule has 0 aliphatic heterocycles. The molecule has 0 aliphatic carbocycles. The van der Waals surface area contributed by atoms with Gasteiger partial charge in [-0.05, 0) is 36.8 Å². The average molecular weight is 389 g/mol. The number of phosphoric acid groups is 1. The Bertz CT molecular complexity index is 549. The van der Waals surface area contributed by atoms with Gasteiger partial charge >= 0.3 is 7.82 Å². The third kappa shape index (κ3) is 10.4. The molecule has 0 amide bonds. The van der Waals surface area contributed by atoms with E-state index in [1.54, 1.807) is 0 Å². The molecule has 0 spiro atoms. The van der Waals surface area contributed by atoms with E-state index < -0.39 is 26.6 Å². The van der Waals surface area contributed by atoms with Gasteiger partial charge in [0.15, 0.2) is 0 Å². The number of halogens is 1. The topological polar surface area (TPSA) is 92.8 Å². The van der Waals surface area contributed by atoms with E-state index in [-0.39, 0.29) is 6.42 Å². The lowest BCUT2D eigenvalue weighted by molar-refractivity contribution is 0.130. The summed E-state index contributed by atoms with van der Waals surface area (Å²) in [4.78, 5) is 17.5. The van der Waals surface area contributed by atoms with Gasteiger partial charge in [-0.3, -0.25) is 4.52 Å². The molecule has 0 aliphatic rings. The van der Waals surface area contributed by atoms with Gasteiger partial charge < -0.3 is 15.5 Å². The van der Waals surface area contributed by atoms with E-state index in [0.29, 0.717) is 6.42 Å². The van der Waals surface area contributed by atoms with E-state index in [4.69, 9.17) is 15.5 Å². The van der Waals surface area contributed by atoms with E-state index in [1.807, 2.05) is 12.1 Å². The third-order valence-corrected chi connectivity index (χ3v) is 5.01. The van der Waals surface area contributed by atoms with Crippen LogP contribution in [0.3, 0.4) is 0 Å². The average Bonchev–Trinajstić information content (AvgIpc) is 2.61. The second-order valence-corrected chi connectivity index (χ2v) is 8.33. The zero-order valence-corrected chi connectivity index (χ0v) is 16.6. The maximum Gasteiger partial charge on any atom is 0.469 e. The van der Waals surface area contributed by atoms with Crippen LogP contribution in [0.1, 0.15) is 63.0 Å². The van der Waals surface area contributed by atoms with E-state index in [2.05, 4.69) is 23.6 Å². The van der Waals surface area contributed by atoms with Gasteiger partial charge in [-0.15, -0.1) is 0 Å². The number of hydrogen-bond acceptors (Lipinski definition) is 3. The largest absolute Gasteiger partial charge is 0.469 e. The minimum Gasteiger partial charge on any atom is -0.321 e. The minimum atomic E-state index is -4.64. The number of unbranched alkanes of at least 4 members (excludes halogenated alkanes) is 5. The Morgan fingerprint density at radius 1 is 1.04 bits per heavy atom. The number of rotatable bonds is 14. The first-order chi connectivity index (χ1) is 12.3. The fraction of sp³-hybridized carbons (Fsp3) is 0.684. The molecule has 7 heteroatoms. The molecular formula is C19H33FNO4P. The number of nitrogens with two attached hydrogens (primary N) is 1. The summed E-state index contributed by atoms with van der Waals surface area (Å²) in [7, 11) is -4.64. The van der Waals surface area contributed by atoms with Crippen LogP contribution in [0.2, 0.25) is 0 Å². The van der Waals surface area contributed by atoms with Gasteiger partial charge in [0.2, 0.25) is 0 Å². The van der Waals surface area contributed by atoms with Crippen molar-refractivity contribution >= 4 is 7.82 Å². The number of benzene rings is 1. The molecule has 5 nitrogen and oxygen atoms in total. The fourth-order valence-electron chi connectivity index (χ4n) is 2.77. The number of hydrogen-bond donors (Lipinski definition) is 3. The number of alkyl halides is 1. The van der Waals surface area contributed by atoms with Crippen molar-refractivity contribution in [3.63, 3.8) is 0 Å². The molecular weight excluding hydrogens is 356 g/mol. The zero-order chi connectivity index (χ0) is 19.5. The molecule has 0 radical (unpaired) electrons. The molecule has 1 atom stereocenters. The zero-order valence-electron chi connectivity index (χ0n) is 15.7. The van der Waals surface area contributed by atoms with Crippen molar-refractivity contribution in [2.75, 3.05) is 13.3 Å². The van der Waals surface area contributed by atoms with Crippen LogP contribution in [0, 0.1) is 0 Å². The smallest absolute Gasteiger partial charge is 0.321 e.